The summed E-state index contributed by atoms with van der Waals surface area (Å²) in [5.41, 5.74) is 2.55. The number of esters is 1. The molecule has 0 aliphatic rings. The van der Waals surface area contributed by atoms with Crippen molar-refractivity contribution in [2.75, 3.05) is 12.4 Å². The minimum Gasteiger partial charge on any atom is -0.465 e. The van der Waals surface area contributed by atoms with Crippen molar-refractivity contribution in [3.05, 3.63) is 71.6 Å². The summed E-state index contributed by atoms with van der Waals surface area (Å²) in [5, 5.41) is 2.77. The Bertz CT molecular complexity index is 915. The number of methoxy groups -OCH3 is 1. The Labute approximate surface area is 150 Å². The van der Waals surface area contributed by atoms with Crippen molar-refractivity contribution in [2.24, 2.45) is 0 Å². The topological polar surface area (TPSA) is 81.4 Å². The first-order chi connectivity index (χ1) is 12.6. The van der Waals surface area contributed by atoms with Crippen LogP contribution in [-0.4, -0.2) is 24.0 Å². The van der Waals surface area contributed by atoms with Crippen LogP contribution in [0, 0.1) is 6.92 Å². The molecule has 0 atom stereocenters. The van der Waals surface area contributed by atoms with Gasteiger partial charge in [0.25, 0.3) is 0 Å². The number of hydrogen-bond acceptors (Lipinski definition) is 5. The van der Waals surface area contributed by atoms with Crippen LogP contribution in [0.2, 0.25) is 0 Å². The molecular formula is C20H18N2O4. The fourth-order valence-corrected chi connectivity index (χ4v) is 2.45. The fraction of sp³-hybridized carbons (Fsp3) is 0.150. The van der Waals surface area contributed by atoms with Crippen LogP contribution in [0.15, 0.2) is 59.0 Å². The van der Waals surface area contributed by atoms with Crippen LogP contribution in [-0.2, 0) is 16.0 Å². The van der Waals surface area contributed by atoms with Crippen LogP contribution in [0.3, 0.4) is 0 Å². The average molecular weight is 350 g/mol. The summed E-state index contributed by atoms with van der Waals surface area (Å²) in [6.07, 6.45) is 0.0738. The van der Waals surface area contributed by atoms with Crippen LogP contribution >= 0.6 is 0 Å². The van der Waals surface area contributed by atoms with Crippen LogP contribution in [0.5, 0.6) is 0 Å². The molecule has 0 saturated heterocycles. The van der Waals surface area contributed by atoms with Gasteiger partial charge in [0.1, 0.15) is 5.76 Å². The maximum atomic E-state index is 12.3. The molecule has 6 heteroatoms. The molecule has 0 aliphatic carbocycles. The van der Waals surface area contributed by atoms with E-state index in [-0.39, 0.29) is 12.3 Å². The van der Waals surface area contributed by atoms with E-state index >= 15 is 0 Å². The molecule has 132 valence electrons. The SMILES string of the molecule is COC(=O)c1ccc(NC(=O)Cc2oc(-c3ccccc3)nc2C)cc1. The predicted molar refractivity (Wildman–Crippen MR) is 96.8 cm³/mol. The number of nitrogens with one attached hydrogen (secondary N) is 1. The van der Waals surface area contributed by atoms with Crippen molar-refractivity contribution in [1.29, 1.82) is 0 Å². The van der Waals surface area contributed by atoms with E-state index < -0.39 is 5.97 Å². The van der Waals surface area contributed by atoms with Crippen molar-refractivity contribution in [3.8, 4) is 11.5 Å². The number of ether oxygens (including phenoxy) is 1. The second-order valence-corrected chi connectivity index (χ2v) is 5.69. The Morgan fingerprint density at radius 2 is 1.77 bits per heavy atom. The Hall–Kier alpha value is -3.41. The van der Waals surface area contributed by atoms with Gasteiger partial charge in [-0.3, -0.25) is 4.79 Å². The zero-order valence-corrected chi connectivity index (χ0v) is 14.5. The number of oxazole rings is 1. The zero-order valence-electron chi connectivity index (χ0n) is 14.5. The third-order valence-electron chi connectivity index (χ3n) is 3.82. The number of nitrogens with zero attached hydrogens (tertiary/aromatic N) is 1. The first kappa shape index (κ1) is 17.4. The van der Waals surface area contributed by atoms with Gasteiger partial charge in [-0.1, -0.05) is 18.2 Å². The molecule has 1 heterocycles. The van der Waals surface area contributed by atoms with Crippen LogP contribution in [0.1, 0.15) is 21.8 Å². The minimum atomic E-state index is -0.423. The van der Waals surface area contributed by atoms with Gasteiger partial charge in [0.05, 0.1) is 24.8 Å². The number of amides is 1. The molecule has 0 aliphatic heterocycles. The molecular weight excluding hydrogens is 332 g/mol. The van der Waals surface area contributed by atoms with Crippen molar-refractivity contribution in [3.63, 3.8) is 0 Å². The van der Waals surface area contributed by atoms with Crippen LogP contribution in [0.25, 0.3) is 11.5 Å². The van der Waals surface area contributed by atoms with Gasteiger partial charge in [0.2, 0.25) is 11.8 Å². The highest BCUT2D eigenvalue weighted by molar-refractivity contribution is 5.93. The third kappa shape index (κ3) is 3.97. The van der Waals surface area contributed by atoms with Crippen molar-refractivity contribution in [2.45, 2.75) is 13.3 Å². The van der Waals surface area contributed by atoms with E-state index in [0.29, 0.717) is 28.6 Å². The summed E-state index contributed by atoms with van der Waals surface area (Å²) in [6.45, 7) is 1.81. The normalized spacial score (nSPS) is 10.4. The van der Waals surface area contributed by atoms with Gasteiger partial charge < -0.3 is 14.5 Å². The molecule has 6 nitrogen and oxygen atoms in total. The molecule has 2 aromatic carbocycles. The molecule has 0 spiro atoms. The van der Waals surface area contributed by atoms with Crippen LogP contribution in [0.4, 0.5) is 5.69 Å². The Kier molecular flexibility index (Phi) is 5.12. The highest BCUT2D eigenvalue weighted by atomic mass is 16.5. The van der Waals surface area contributed by atoms with E-state index in [1.54, 1.807) is 24.3 Å². The maximum Gasteiger partial charge on any atom is 0.337 e. The summed E-state index contributed by atoms with van der Waals surface area (Å²) >= 11 is 0. The molecule has 1 amide bonds. The van der Waals surface area contributed by atoms with E-state index in [1.807, 2.05) is 37.3 Å². The van der Waals surface area contributed by atoms with Gasteiger partial charge in [-0.25, -0.2) is 9.78 Å². The van der Waals surface area contributed by atoms with E-state index in [0.717, 1.165) is 5.56 Å². The average Bonchev–Trinajstić information content (AvgIpc) is 3.03. The lowest BCUT2D eigenvalue weighted by Crippen LogP contribution is -2.14. The Morgan fingerprint density at radius 1 is 1.08 bits per heavy atom. The molecule has 0 saturated carbocycles. The molecule has 3 aromatic rings. The fourth-order valence-electron chi connectivity index (χ4n) is 2.45. The lowest BCUT2D eigenvalue weighted by Gasteiger charge is -2.05. The largest absolute Gasteiger partial charge is 0.465 e. The van der Waals surface area contributed by atoms with E-state index in [1.165, 1.54) is 7.11 Å². The summed E-state index contributed by atoms with van der Waals surface area (Å²) in [4.78, 5) is 28.1. The second kappa shape index (κ2) is 7.65. The number of carbonyl (C=O) groups is 2. The van der Waals surface area contributed by atoms with E-state index in [2.05, 4.69) is 15.0 Å². The number of rotatable bonds is 5. The quantitative estimate of drug-likeness (QED) is 0.711. The summed E-state index contributed by atoms with van der Waals surface area (Å²) in [7, 11) is 1.32. The van der Waals surface area contributed by atoms with Crippen molar-refractivity contribution in [1.82, 2.24) is 4.98 Å². The van der Waals surface area contributed by atoms with Crippen molar-refractivity contribution >= 4 is 17.6 Å². The molecule has 0 bridgehead atoms. The molecule has 0 radical (unpaired) electrons. The Balaban J connectivity index is 1.67. The van der Waals surface area contributed by atoms with Gasteiger partial charge in [0.15, 0.2) is 0 Å². The smallest absolute Gasteiger partial charge is 0.337 e. The molecule has 1 N–H and O–H groups in total. The maximum absolute atomic E-state index is 12.3. The zero-order chi connectivity index (χ0) is 18.5. The molecule has 3 rings (SSSR count). The summed E-state index contributed by atoms with van der Waals surface area (Å²) < 4.78 is 10.4. The van der Waals surface area contributed by atoms with Gasteiger partial charge in [-0.05, 0) is 43.3 Å². The van der Waals surface area contributed by atoms with Crippen molar-refractivity contribution < 1.29 is 18.7 Å². The standard InChI is InChI=1S/C20H18N2O4/c1-13-17(26-19(21-13)14-6-4-3-5-7-14)12-18(23)22-16-10-8-15(9-11-16)20(24)25-2/h3-11H,12H2,1-2H3,(H,22,23). The number of carbonyl (C=O) groups excluding carboxylic acids is 2. The highest BCUT2D eigenvalue weighted by Crippen LogP contribution is 2.22. The van der Waals surface area contributed by atoms with E-state index in [4.69, 9.17) is 4.42 Å². The first-order valence-electron chi connectivity index (χ1n) is 8.07. The number of aromatic nitrogens is 1. The highest BCUT2D eigenvalue weighted by Gasteiger charge is 2.15. The lowest BCUT2D eigenvalue weighted by atomic mass is 10.2. The second-order valence-electron chi connectivity index (χ2n) is 5.69. The Morgan fingerprint density at radius 3 is 2.42 bits per heavy atom. The molecule has 0 fully saturated rings. The minimum absolute atomic E-state index is 0.0738. The monoisotopic (exact) mass is 350 g/mol. The number of benzene rings is 2. The van der Waals surface area contributed by atoms with Gasteiger partial charge in [-0.15, -0.1) is 0 Å². The summed E-state index contributed by atoms with van der Waals surface area (Å²) in [5.74, 6) is 0.365. The first-order valence-corrected chi connectivity index (χ1v) is 8.07. The van der Waals surface area contributed by atoms with E-state index in [9.17, 15) is 9.59 Å². The van der Waals surface area contributed by atoms with Gasteiger partial charge in [0, 0.05) is 11.3 Å². The number of aryl methyl sites for hydroxylation is 1. The molecule has 26 heavy (non-hydrogen) atoms. The lowest BCUT2D eigenvalue weighted by molar-refractivity contribution is -0.115. The predicted octanol–water partition coefficient (Wildman–Crippen LogP) is 3.62. The summed E-state index contributed by atoms with van der Waals surface area (Å²) in [6, 6.07) is 16.0. The molecule has 1 aromatic heterocycles. The van der Waals surface area contributed by atoms with Gasteiger partial charge in [-0.2, -0.15) is 0 Å². The van der Waals surface area contributed by atoms with Crippen LogP contribution < -0.4 is 5.32 Å². The number of hydrogen-bond donors (Lipinski definition) is 1. The third-order valence-corrected chi connectivity index (χ3v) is 3.82. The molecule has 0 unspecified atom stereocenters. The van der Waals surface area contributed by atoms with Gasteiger partial charge >= 0.3 is 5.97 Å². The number of anilines is 1.